The molecule has 1 aliphatic heterocycles. The summed E-state index contributed by atoms with van der Waals surface area (Å²) in [4.78, 5) is 28.8. The van der Waals surface area contributed by atoms with Gasteiger partial charge in [-0.3, -0.25) is 14.9 Å². The molecule has 5 rings (SSSR count). The molecule has 7 heteroatoms. The van der Waals surface area contributed by atoms with Gasteiger partial charge < -0.3 is 16.0 Å². The number of hydrogen-bond acceptors (Lipinski definition) is 4. The maximum atomic E-state index is 13.9. The van der Waals surface area contributed by atoms with Crippen LogP contribution >= 0.6 is 0 Å². The molecular weight excluding hydrogens is 515 g/mol. The van der Waals surface area contributed by atoms with Crippen molar-refractivity contribution < 1.29 is 14.0 Å². The number of halogens is 1. The number of benzene rings is 4. The third-order valence-corrected chi connectivity index (χ3v) is 8.02. The Bertz CT molecular complexity index is 1440. The van der Waals surface area contributed by atoms with Gasteiger partial charge in [0.2, 0.25) is 5.91 Å². The summed E-state index contributed by atoms with van der Waals surface area (Å²) < 4.78 is 13.5. The summed E-state index contributed by atoms with van der Waals surface area (Å²) in [5.74, 6) is -0.504. The minimum atomic E-state index is -0.549. The number of carbonyl (C=O) groups excluding carboxylic acids is 2. The zero-order valence-electron chi connectivity index (χ0n) is 23.3. The second-order valence-corrected chi connectivity index (χ2v) is 10.8. The van der Waals surface area contributed by atoms with Crippen LogP contribution in [0.5, 0.6) is 0 Å². The molecule has 0 radical (unpaired) electrons. The quantitative estimate of drug-likeness (QED) is 0.277. The highest BCUT2D eigenvalue weighted by atomic mass is 19.1. The molecule has 6 nitrogen and oxygen atoms in total. The van der Waals surface area contributed by atoms with Crippen molar-refractivity contribution in [3.05, 3.63) is 120 Å². The molecule has 4 N–H and O–H groups in total. The van der Waals surface area contributed by atoms with Crippen LogP contribution in [-0.2, 0) is 4.79 Å². The van der Waals surface area contributed by atoms with Crippen LogP contribution in [0.3, 0.4) is 0 Å². The Morgan fingerprint density at radius 2 is 1.61 bits per heavy atom. The molecule has 4 aromatic rings. The van der Waals surface area contributed by atoms with Gasteiger partial charge in [0.15, 0.2) is 0 Å². The fourth-order valence-electron chi connectivity index (χ4n) is 5.58. The van der Waals surface area contributed by atoms with Gasteiger partial charge in [-0.05, 0) is 59.0 Å². The predicted molar refractivity (Wildman–Crippen MR) is 161 cm³/mol. The summed E-state index contributed by atoms with van der Waals surface area (Å²) in [5, 5.41) is 8.04. The van der Waals surface area contributed by atoms with Crippen molar-refractivity contribution in [2.45, 2.75) is 43.8 Å². The van der Waals surface area contributed by atoms with Gasteiger partial charge in [-0.1, -0.05) is 79.7 Å². The van der Waals surface area contributed by atoms with Gasteiger partial charge in [-0.25, -0.2) is 4.39 Å². The second kappa shape index (κ2) is 13.1. The Kier molecular flexibility index (Phi) is 9.07. The molecule has 41 heavy (non-hydrogen) atoms. The zero-order chi connectivity index (χ0) is 28.8. The molecule has 2 amide bonds. The molecule has 3 atom stereocenters. The monoisotopic (exact) mass is 552 g/mol. The highest BCUT2D eigenvalue weighted by Gasteiger charge is 2.35. The topological polar surface area (TPSA) is 87.5 Å². The van der Waals surface area contributed by atoms with E-state index in [-0.39, 0.29) is 35.6 Å². The average Bonchev–Trinajstić information content (AvgIpc) is 3.17. The molecular formula is C34H37FN4O2. The normalized spacial score (nSPS) is 18.3. The first-order chi connectivity index (χ1) is 19.9. The van der Waals surface area contributed by atoms with Crippen LogP contribution in [0.25, 0.3) is 10.8 Å². The highest BCUT2D eigenvalue weighted by molar-refractivity contribution is 5.98. The molecule has 1 aliphatic rings. The van der Waals surface area contributed by atoms with Crippen molar-refractivity contribution in [3.8, 4) is 0 Å². The standard InChI is InChI=1S/C34H37FN4O2/c1-2-31(36)32-34(41)39(22-30(23-9-5-3-6-10-23)24-11-7-4-8-12-24)18-17-29(38-32)21-37-33(40)27-14-13-26-20-28(35)16-15-25(26)19-27/h3-16,19-20,29-32,38H,2,17-18,21-22,36H2,1H3,(H,37,40)/t29-,31?,32-/m0/s1. The van der Waals surface area contributed by atoms with Crippen molar-refractivity contribution in [2.24, 2.45) is 5.73 Å². The maximum Gasteiger partial charge on any atom is 0.251 e. The summed E-state index contributed by atoms with van der Waals surface area (Å²) in [5.41, 5.74) is 9.29. The van der Waals surface area contributed by atoms with E-state index in [9.17, 15) is 14.0 Å². The van der Waals surface area contributed by atoms with Gasteiger partial charge in [0.1, 0.15) is 11.9 Å². The van der Waals surface area contributed by atoms with E-state index in [1.165, 1.54) is 12.1 Å². The minimum absolute atomic E-state index is 0.00759. The number of nitrogens with one attached hydrogen (secondary N) is 2. The molecule has 212 valence electrons. The summed E-state index contributed by atoms with van der Waals surface area (Å²) >= 11 is 0. The van der Waals surface area contributed by atoms with E-state index < -0.39 is 6.04 Å². The molecule has 1 saturated heterocycles. The Morgan fingerprint density at radius 1 is 0.976 bits per heavy atom. The summed E-state index contributed by atoms with van der Waals surface area (Å²) in [7, 11) is 0. The number of hydrogen-bond donors (Lipinski definition) is 3. The number of nitrogens with two attached hydrogens (primary N) is 1. The smallest absolute Gasteiger partial charge is 0.251 e. The Morgan fingerprint density at radius 3 is 2.27 bits per heavy atom. The first-order valence-electron chi connectivity index (χ1n) is 14.3. The van der Waals surface area contributed by atoms with Crippen LogP contribution < -0.4 is 16.4 Å². The summed E-state index contributed by atoms with van der Waals surface area (Å²) in [6, 6.07) is 29.2. The lowest BCUT2D eigenvalue weighted by atomic mass is 9.90. The summed E-state index contributed by atoms with van der Waals surface area (Å²) in [6.45, 7) is 3.43. The van der Waals surface area contributed by atoms with E-state index in [2.05, 4.69) is 34.9 Å². The number of fused-ring (bicyclic) bond motifs is 1. The Hall–Kier alpha value is -4.07. The van der Waals surface area contributed by atoms with Crippen LogP contribution in [0.4, 0.5) is 4.39 Å². The first-order valence-corrected chi connectivity index (χ1v) is 14.3. The molecule has 1 fully saturated rings. The minimum Gasteiger partial charge on any atom is -0.350 e. The van der Waals surface area contributed by atoms with Crippen molar-refractivity contribution >= 4 is 22.6 Å². The SMILES string of the molecule is CCC(N)[C@@H]1N[C@H](CNC(=O)c2ccc3cc(F)ccc3c2)CCN(CC(c2ccccc2)c2ccccc2)C1=O. The molecule has 0 bridgehead atoms. The van der Waals surface area contributed by atoms with Gasteiger partial charge in [0.05, 0.1) is 0 Å². The number of rotatable bonds is 9. The zero-order valence-corrected chi connectivity index (χ0v) is 23.3. The lowest BCUT2D eigenvalue weighted by molar-refractivity contribution is -0.133. The van der Waals surface area contributed by atoms with Gasteiger partial charge in [0, 0.05) is 43.2 Å². The first kappa shape index (κ1) is 28.5. The van der Waals surface area contributed by atoms with E-state index in [4.69, 9.17) is 5.73 Å². The van der Waals surface area contributed by atoms with Gasteiger partial charge in [0.25, 0.3) is 5.91 Å². The van der Waals surface area contributed by atoms with Crippen LogP contribution in [0.2, 0.25) is 0 Å². The highest BCUT2D eigenvalue weighted by Crippen LogP contribution is 2.27. The van der Waals surface area contributed by atoms with E-state index in [1.807, 2.05) is 48.2 Å². The van der Waals surface area contributed by atoms with Gasteiger partial charge in [-0.15, -0.1) is 0 Å². The van der Waals surface area contributed by atoms with E-state index >= 15 is 0 Å². The third-order valence-electron chi connectivity index (χ3n) is 8.02. The second-order valence-electron chi connectivity index (χ2n) is 10.8. The van der Waals surface area contributed by atoms with Crippen LogP contribution in [-0.4, -0.2) is 54.5 Å². The number of carbonyl (C=O) groups is 2. The van der Waals surface area contributed by atoms with E-state index in [1.54, 1.807) is 24.3 Å². The molecule has 0 aromatic heterocycles. The van der Waals surface area contributed by atoms with Crippen molar-refractivity contribution in [2.75, 3.05) is 19.6 Å². The van der Waals surface area contributed by atoms with Crippen LogP contribution in [0.15, 0.2) is 97.1 Å². The molecule has 0 aliphatic carbocycles. The van der Waals surface area contributed by atoms with Gasteiger partial charge >= 0.3 is 0 Å². The van der Waals surface area contributed by atoms with E-state index in [0.29, 0.717) is 38.0 Å². The Labute approximate surface area is 240 Å². The van der Waals surface area contributed by atoms with Crippen LogP contribution in [0, 0.1) is 5.82 Å². The largest absolute Gasteiger partial charge is 0.350 e. The number of amides is 2. The van der Waals surface area contributed by atoms with Crippen molar-refractivity contribution in [1.82, 2.24) is 15.5 Å². The molecule has 0 saturated carbocycles. The Balaban J connectivity index is 1.31. The maximum absolute atomic E-state index is 13.9. The summed E-state index contributed by atoms with van der Waals surface area (Å²) in [6.07, 6.45) is 1.32. The van der Waals surface area contributed by atoms with Crippen LogP contribution in [0.1, 0.15) is 47.2 Å². The fourth-order valence-corrected chi connectivity index (χ4v) is 5.58. The van der Waals surface area contributed by atoms with Crippen molar-refractivity contribution in [1.29, 1.82) is 0 Å². The molecule has 1 unspecified atom stereocenters. The van der Waals surface area contributed by atoms with Gasteiger partial charge in [-0.2, -0.15) is 0 Å². The molecule has 0 spiro atoms. The molecule has 4 aromatic carbocycles. The third kappa shape index (κ3) is 6.81. The van der Waals surface area contributed by atoms with E-state index in [0.717, 1.165) is 21.9 Å². The fraction of sp³-hybridized carbons (Fsp3) is 0.294. The lowest BCUT2D eigenvalue weighted by Crippen LogP contribution is -2.57. The van der Waals surface area contributed by atoms with Crippen molar-refractivity contribution in [3.63, 3.8) is 0 Å². The molecule has 1 heterocycles. The lowest BCUT2D eigenvalue weighted by Gasteiger charge is -2.31. The predicted octanol–water partition coefficient (Wildman–Crippen LogP) is 4.84. The average molecular weight is 553 g/mol. The number of nitrogens with zero attached hydrogens (tertiary/aromatic N) is 1.